The summed E-state index contributed by atoms with van der Waals surface area (Å²) in [5, 5.41) is 5.01. The van der Waals surface area contributed by atoms with Gasteiger partial charge in [-0.3, -0.25) is 0 Å². The van der Waals surface area contributed by atoms with Crippen molar-refractivity contribution in [2.24, 2.45) is 0 Å². The fraction of sp³-hybridized carbons (Fsp3) is 0. The van der Waals surface area contributed by atoms with Crippen molar-refractivity contribution in [3.63, 3.8) is 0 Å². The lowest BCUT2D eigenvalue weighted by molar-refractivity contribution is 1.18. The van der Waals surface area contributed by atoms with E-state index in [0.29, 0.717) is 0 Å². The van der Waals surface area contributed by atoms with Gasteiger partial charge in [-0.15, -0.1) is 0 Å². The van der Waals surface area contributed by atoms with E-state index in [-0.39, 0.29) is 0 Å². The molecule has 310 valence electrons. The minimum absolute atomic E-state index is 1.07. The SMILES string of the molecule is c1ccc(-c2ccc(N(c3cccc(-c4ccc(-c5cccc6ccccc56)cc4)c3)c3ccc(-c4ccccc4-n4c5ccccc5c5ccccc54)c(-c4ccccc4)c3)cc2)cc1. The van der Waals surface area contributed by atoms with E-state index in [4.69, 9.17) is 0 Å². The van der Waals surface area contributed by atoms with Gasteiger partial charge in [0.2, 0.25) is 0 Å². The zero-order valence-corrected chi connectivity index (χ0v) is 36.3. The average Bonchev–Trinajstić information content (AvgIpc) is 3.74. The van der Waals surface area contributed by atoms with E-state index in [1.165, 1.54) is 71.5 Å². The second-order valence-corrected chi connectivity index (χ2v) is 16.9. The summed E-state index contributed by atoms with van der Waals surface area (Å²) < 4.78 is 2.43. The number of aromatic nitrogens is 1. The highest BCUT2D eigenvalue weighted by molar-refractivity contribution is 6.10. The Morgan fingerprint density at radius 1 is 0.242 bits per heavy atom. The van der Waals surface area contributed by atoms with Crippen LogP contribution in [0.4, 0.5) is 17.1 Å². The van der Waals surface area contributed by atoms with E-state index in [1.54, 1.807) is 0 Å². The summed E-state index contributed by atoms with van der Waals surface area (Å²) in [6.07, 6.45) is 0. The number of para-hydroxylation sites is 3. The minimum atomic E-state index is 1.07. The van der Waals surface area contributed by atoms with Gasteiger partial charge < -0.3 is 9.47 Å². The number of benzene rings is 11. The van der Waals surface area contributed by atoms with E-state index in [0.717, 1.165) is 39.4 Å². The molecule has 66 heavy (non-hydrogen) atoms. The third-order valence-corrected chi connectivity index (χ3v) is 13.0. The lowest BCUT2D eigenvalue weighted by atomic mass is 9.92. The van der Waals surface area contributed by atoms with Gasteiger partial charge in [0.15, 0.2) is 0 Å². The largest absolute Gasteiger partial charge is 0.310 e. The van der Waals surface area contributed by atoms with Crippen molar-refractivity contribution in [2.45, 2.75) is 0 Å². The average molecular weight is 841 g/mol. The molecule has 2 nitrogen and oxygen atoms in total. The quantitative estimate of drug-likeness (QED) is 0.141. The summed E-state index contributed by atoms with van der Waals surface area (Å²) in [4.78, 5) is 2.40. The summed E-state index contributed by atoms with van der Waals surface area (Å²) in [7, 11) is 0. The van der Waals surface area contributed by atoms with Gasteiger partial charge in [0.25, 0.3) is 0 Å². The summed E-state index contributed by atoms with van der Waals surface area (Å²) in [6.45, 7) is 0. The number of hydrogen-bond acceptors (Lipinski definition) is 1. The van der Waals surface area contributed by atoms with Gasteiger partial charge in [0.1, 0.15) is 0 Å². The fourth-order valence-electron chi connectivity index (χ4n) is 9.87. The van der Waals surface area contributed by atoms with E-state index in [1.807, 2.05) is 0 Å². The van der Waals surface area contributed by atoms with Gasteiger partial charge in [0.05, 0.1) is 16.7 Å². The molecule has 0 radical (unpaired) electrons. The van der Waals surface area contributed by atoms with E-state index < -0.39 is 0 Å². The van der Waals surface area contributed by atoms with Crippen LogP contribution in [-0.2, 0) is 0 Å². The molecule has 0 bridgehead atoms. The predicted molar refractivity (Wildman–Crippen MR) is 280 cm³/mol. The number of nitrogens with zero attached hydrogens (tertiary/aromatic N) is 2. The van der Waals surface area contributed by atoms with Crippen molar-refractivity contribution in [1.82, 2.24) is 4.57 Å². The maximum atomic E-state index is 2.43. The number of hydrogen-bond donors (Lipinski definition) is 0. The molecule has 0 aliphatic carbocycles. The van der Waals surface area contributed by atoms with Crippen molar-refractivity contribution in [3.8, 4) is 61.3 Å². The summed E-state index contributed by atoms with van der Waals surface area (Å²) in [5.41, 5.74) is 18.6. The Labute approximate surface area is 385 Å². The normalized spacial score (nSPS) is 11.3. The van der Waals surface area contributed by atoms with Crippen LogP contribution in [-0.4, -0.2) is 4.57 Å². The molecule has 0 atom stereocenters. The number of anilines is 3. The van der Waals surface area contributed by atoms with Crippen LogP contribution >= 0.6 is 0 Å². The second-order valence-electron chi connectivity index (χ2n) is 16.9. The standard InChI is InChI=1S/C64H44N2/c1-3-17-45(18-4-1)46-37-39-52(40-38-46)65(53-24-15-23-51(43-53)47-33-35-50(36-34-47)56-29-16-22-48-21-7-8-25-55(48)56)54-41-42-57(61(44-54)49-19-5-2-6-20-49)58-26-9-12-30-62(58)66-63-31-13-10-27-59(63)60-28-11-14-32-64(60)66/h1-44H. The Balaban J connectivity index is 1.01. The molecule has 0 saturated heterocycles. The molecular formula is C64H44N2. The maximum Gasteiger partial charge on any atom is 0.0541 e. The molecule has 1 heterocycles. The molecule has 0 aliphatic heterocycles. The van der Waals surface area contributed by atoms with Gasteiger partial charge in [-0.25, -0.2) is 0 Å². The molecule has 0 saturated carbocycles. The number of fused-ring (bicyclic) bond motifs is 4. The van der Waals surface area contributed by atoms with Crippen LogP contribution in [0.25, 0.3) is 93.9 Å². The Bertz CT molecular complexity index is 3620. The fourth-order valence-corrected chi connectivity index (χ4v) is 9.87. The first-order valence-electron chi connectivity index (χ1n) is 22.7. The molecular weight excluding hydrogens is 797 g/mol. The van der Waals surface area contributed by atoms with Crippen molar-refractivity contribution < 1.29 is 0 Å². The van der Waals surface area contributed by atoms with Crippen LogP contribution in [0.2, 0.25) is 0 Å². The molecule has 2 heteroatoms. The highest BCUT2D eigenvalue weighted by Gasteiger charge is 2.21. The first kappa shape index (κ1) is 38.9. The third-order valence-electron chi connectivity index (χ3n) is 13.0. The van der Waals surface area contributed by atoms with Crippen LogP contribution in [0.5, 0.6) is 0 Å². The Morgan fingerprint density at radius 2 is 0.712 bits per heavy atom. The van der Waals surface area contributed by atoms with Crippen molar-refractivity contribution in [3.05, 3.63) is 267 Å². The second kappa shape index (κ2) is 16.8. The van der Waals surface area contributed by atoms with Crippen LogP contribution in [0.1, 0.15) is 0 Å². The molecule has 12 aromatic rings. The highest BCUT2D eigenvalue weighted by atomic mass is 15.1. The smallest absolute Gasteiger partial charge is 0.0541 e. The zero-order valence-electron chi connectivity index (χ0n) is 36.3. The number of rotatable bonds is 9. The highest BCUT2D eigenvalue weighted by Crippen LogP contribution is 2.44. The Morgan fingerprint density at radius 3 is 1.45 bits per heavy atom. The lowest BCUT2D eigenvalue weighted by Gasteiger charge is -2.28. The predicted octanol–water partition coefficient (Wildman–Crippen LogP) is 17.7. The van der Waals surface area contributed by atoms with Crippen LogP contribution in [0.3, 0.4) is 0 Å². The van der Waals surface area contributed by atoms with E-state index in [9.17, 15) is 0 Å². The topological polar surface area (TPSA) is 8.17 Å². The third kappa shape index (κ3) is 7.02. The van der Waals surface area contributed by atoms with Gasteiger partial charge in [-0.2, -0.15) is 0 Å². The molecule has 0 N–H and O–H groups in total. The molecule has 0 unspecified atom stereocenters. The Hall–Kier alpha value is -8.72. The molecule has 0 aliphatic rings. The van der Waals surface area contributed by atoms with Gasteiger partial charge in [-0.05, 0) is 115 Å². The molecule has 0 amide bonds. The monoisotopic (exact) mass is 840 g/mol. The molecule has 1 aromatic heterocycles. The first-order valence-corrected chi connectivity index (χ1v) is 22.7. The summed E-state index contributed by atoms with van der Waals surface area (Å²) in [5.74, 6) is 0. The van der Waals surface area contributed by atoms with Gasteiger partial charge in [0, 0.05) is 33.4 Å². The van der Waals surface area contributed by atoms with Gasteiger partial charge in [-0.1, -0.05) is 212 Å². The van der Waals surface area contributed by atoms with E-state index in [2.05, 4.69) is 276 Å². The maximum absolute atomic E-state index is 2.43. The van der Waals surface area contributed by atoms with Crippen LogP contribution < -0.4 is 4.90 Å². The van der Waals surface area contributed by atoms with Crippen molar-refractivity contribution >= 4 is 49.6 Å². The summed E-state index contributed by atoms with van der Waals surface area (Å²) in [6, 6.07) is 96.9. The van der Waals surface area contributed by atoms with Crippen molar-refractivity contribution in [1.29, 1.82) is 0 Å². The van der Waals surface area contributed by atoms with Gasteiger partial charge >= 0.3 is 0 Å². The first-order chi connectivity index (χ1) is 32.7. The van der Waals surface area contributed by atoms with Crippen molar-refractivity contribution in [2.75, 3.05) is 4.90 Å². The minimum Gasteiger partial charge on any atom is -0.310 e. The summed E-state index contributed by atoms with van der Waals surface area (Å²) >= 11 is 0. The van der Waals surface area contributed by atoms with Crippen LogP contribution in [0.15, 0.2) is 267 Å². The molecule has 0 fully saturated rings. The molecule has 0 spiro atoms. The lowest BCUT2D eigenvalue weighted by Crippen LogP contribution is -2.10. The van der Waals surface area contributed by atoms with E-state index >= 15 is 0 Å². The zero-order chi connectivity index (χ0) is 43.8. The molecule has 12 rings (SSSR count). The molecule has 11 aromatic carbocycles. The van der Waals surface area contributed by atoms with Crippen LogP contribution in [0, 0.1) is 0 Å². The Kier molecular flexibility index (Phi) is 9.89.